The minimum Gasteiger partial charge on any atom is -0.338 e. The van der Waals surface area contributed by atoms with Crippen LogP contribution in [-0.2, 0) is 11.3 Å². The molecule has 1 aromatic heterocycles. The molecule has 0 N–H and O–H groups in total. The third-order valence-electron chi connectivity index (χ3n) is 6.97. The van der Waals surface area contributed by atoms with Crippen LogP contribution in [0.15, 0.2) is 52.7 Å². The number of benzene rings is 1. The highest BCUT2D eigenvalue weighted by molar-refractivity contribution is 6.31. The van der Waals surface area contributed by atoms with Gasteiger partial charge in [0.1, 0.15) is 5.82 Å². The van der Waals surface area contributed by atoms with E-state index in [0.717, 1.165) is 56.0 Å². The molecule has 5 nitrogen and oxygen atoms in total. The highest BCUT2D eigenvalue weighted by Crippen LogP contribution is 2.30. The molecule has 172 valence electrons. The van der Waals surface area contributed by atoms with Crippen molar-refractivity contribution in [1.29, 1.82) is 0 Å². The first-order valence-electron chi connectivity index (χ1n) is 11.6. The van der Waals surface area contributed by atoms with Gasteiger partial charge in [-0.25, -0.2) is 4.39 Å². The van der Waals surface area contributed by atoms with Crippen LogP contribution in [0.1, 0.15) is 36.1 Å². The van der Waals surface area contributed by atoms with Gasteiger partial charge in [0.05, 0.1) is 12.3 Å². The van der Waals surface area contributed by atoms with Crippen LogP contribution in [0.25, 0.3) is 0 Å². The molecule has 0 aliphatic carbocycles. The van der Waals surface area contributed by atoms with Gasteiger partial charge in [-0.15, -0.1) is 0 Å². The summed E-state index contributed by atoms with van der Waals surface area (Å²) in [6.45, 7) is 6.26. The fourth-order valence-corrected chi connectivity index (χ4v) is 5.39. The van der Waals surface area contributed by atoms with Gasteiger partial charge in [0.25, 0.3) is 0 Å². The lowest BCUT2D eigenvalue weighted by Gasteiger charge is -2.30. The Balaban J connectivity index is 1.19. The summed E-state index contributed by atoms with van der Waals surface area (Å²) >= 11 is 6.19. The summed E-state index contributed by atoms with van der Waals surface area (Å²) in [6, 6.07) is 8.86. The van der Waals surface area contributed by atoms with Crippen molar-refractivity contribution in [2.75, 3.05) is 32.7 Å². The maximum atomic E-state index is 14.1. The highest BCUT2D eigenvalue weighted by atomic mass is 35.5. The minimum atomic E-state index is -0.266. The second kappa shape index (κ2) is 9.35. The van der Waals surface area contributed by atoms with Crippen molar-refractivity contribution in [3.63, 3.8) is 0 Å². The highest BCUT2D eigenvalue weighted by Gasteiger charge is 2.32. The standard InChI is InChI=1S/C26H28ClFN4O/c1-17-11-19(5-8-29-17)26-21-16-32(10-7-20(21)13-30-26)25(33)12-18-6-9-31(14-18)15-22-23(27)3-2-4-24(22)28/h2-5,8,11,18H,6-7,9-10,12-16H2,1H3/t18-/m0/s1. The first kappa shape index (κ1) is 22.2. The second-order valence-corrected chi connectivity index (χ2v) is 9.70. The van der Waals surface area contributed by atoms with Gasteiger partial charge in [-0.1, -0.05) is 17.7 Å². The van der Waals surface area contributed by atoms with Crippen LogP contribution in [-0.4, -0.2) is 59.1 Å². The molecule has 1 amide bonds. The second-order valence-electron chi connectivity index (χ2n) is 9.29. The molecule has 1 saturated heterocycles. The zero-order valence-electron chi connectivity index (χ0n) is 18.9. The first-order chi connectivity index (χ1) is 16.0. The molecule has 1 fully saturated rings. The molecular weight excluding hydrogens is 439 g/mol. The fraction of sp³-hybridized carbons (Fsp3) is 0.423. The van der Waals surface area contributed by atoms with Crippen molar-refractivity contribution in [2.24, 2.45) is 10.9 Å². The van der Waals surface area contributed by atoms with Crippen LogP contribution < -0.4 is 0 Å². The van der Waals surface area contributed by atoms with Crippen LogP contribution in [0.3, 0.4) is 0 Å². The van der Waals surface area contributed by atoms with E-state index in [1.807, 2.05) is 24.1 Å². The van der Waals surface area contributed by atoms with Crippen LogP contribution in [0.2, 0.25) is 5.02 Å². The van der Waals surface area contributed by atoms with Crippen molar-refractivity contribution < 1.29 is 9.18 Å². The Bertz CT molecular complexity index is 1120. The Labute approximate surface area is 199 Å². The lowest BCUT2D eigenvalue weighted by atomic mass is 9.94. The summed E-state index contributed by atoms with van der Waals surface area (Å²) in [5.74, 6) is 0.227. The van der Waals surface area contributed by atoms with E-state index in [1.165, 1.54) is 17.2 Å². The quantitative estimate of drug-likeness (QED) is 0.655. The van der Waals surface area contributed by atoms with E-state index in [-0.39, 0.29) is 17.6 Å². The molecule has 3 aliphatic heterocycles. The number of pyridine rings is 1. The van der Waals surface area contributed by atoms with Crippen LogP contribution in [0.5, 0.6) is 0 Å². The van der Waals surface area contributed by atoms with Crippen LogP contribution >= 0.6 is 11.6 Å². The van der Waals surface area contributed by atoms with Crippen LogP contribution in [0, 0.1) is 18.7 Å². The first-order valence-corrected chi connectivity index (χ1v) is 12.0. The predicted molar refractivity (Wildman–Crippen MR) is 128 cm³/mol. The number of nitrogens with zero attached hydrogens (tertiary/aromatic N) is 4. The Hall–Kier alpha value is -2.57. The lowest BCUT2D eigenvalue weighted by molar-refractivity contribution is -0.131. The Kier molecular flexibility index (Phi) is 6.30. The molecule has 33 heavy (non-hydrogen) atoms. The molecule has 5 rings (SSSR count). The smallest absolute Gasteiger partial charge is 0.223 e. The summed E-state index contributed by atoms with van der Waals surface area (Å²) in [5.41, 5.74) is 6.18. The van der Waals surface area contributed by atoms with E-state index in [1.54, 1.807) is 12.1 Å². The van der Waals surface area contributed by atoms with Crippen LogP contribution in [0.4, 0.5) is 4.39 Å². The molecule has 0 radical (unpaired) electrons. The van der Waals surface area contributed by atoms with E-state index >= 15 is 0 Å². The zero-order valence-corrected chi connectivity index (χ0v) is 19.6. The maximum absolute atomic E-state index is 14.1. The monoisotopic (exact) mass is 466 g/mol. The number of hydrogen-bond acceptors (Lipinski definition) is 4. The van der Waals surface area contributed by atoms with Crippen molar-refractivity contribution in [3.8, 4) is 0 Å². The van der Waals surface area contributed by atoms with Gasteiger partial charge in [-0.3, -0.25) is 19.7 Å². The molecule has 3 aliphatic rings. The normalized spacial score (nSPS) is 20.9. The number of carbonyl (C=O) groups is 1. The molecule has 0 spiro atoms. The maximum Gasteiger partial charge on any atom is 0.223 e. The molecule has 0 unspecified atom stereocenters. The average Bonchev–Trinajstić information content (AvgIpc) is 3.42. The van der Waals surface area contributed by atoms with Gasteiger partial charge in [0, 0.05) is 60.6 Å². The summed E-state index contributed by atoms with van der Waals surface area (Å²) in [4.78, 5) is 26.4. The van der Waals surface area contributed by atoms with Gasteiger partial charge >= 0.3 is 0 Å². The average molecular weight is 467 g/mol. The number of amides is 1. The minimum absolute atomic E-state index is 0.203. The van der Waals surface area contributed by atoms with Gasteiger partial charge in [-0.2, -0.15) is 0 Å². The molecule has 0 bridgehead atoms. The van der Waals surface area contributed by atoms with E-state index in [9.17, 15) is 9.18 Å². The number of likely N-dealkylation sites (tertiary alicyclic amines) is 1. The Morgan fingerprint density at radius 2 is 2.15 bits per heavy atom. The number of rotatable bonds is 5. The Morgan fingerprint density at radius 3 is 2.97 bits per heavy atom. The molecule has 1 atom stereocenters. The molecule has 7 heteroatoms. The SMILES string of the molecule is Cc1cc(C2=NCC3=C2CN(C(=O)C[C@@H]2CCN(Cc4c(F)cccc4Cl)C2)CC3)ccn1. The predicted octanol–water partition coefficient (Wildman–Crippen LogP) is 4.43. The third kappa shape index (κ3) is 4.73. The fourth-order valence-electron chi connectivity index (χ4n) is 5.17. The molecule has 1 aromatic carbocycles. The molecule has 2 aromatic rings. The zero-order chi connectivity index (χ0) is 22.9. The van der Waals surface area contributed by atoms with Gasteiger partial charge in [0.2, 0.25) is 5.91 Å². The summed E-state index contributed by atoms with van der Waals surface area (Å²) in [7, 11) is 0. The molecular formula is C26H28ClFN4O. The van der Waals surface area contributed by atoms with E-state index in [2.05, 4.69) is 16.0 Å². The Morgan fingerprint density at radius 1 is 1.27 bits per heavy atom. The van der Waals surface area contributed by atoms with Gasteiger partial charge < -0.3 is 4.90 Å². The molecule has 0 saturated carbocycles. The van der Waals surface area contributed by atoms with E-state index in [0.29, 0.717) is 30.1 Å². The molecule has 4 heterocycles. The summed E-state index contributed by atoms with van der Waals surface area (Å²) < 4.78 is 14.1. The largest absolute Gasteiger partial charge is 0.338 e. The van der Waals surface area contributed by atoms with Gasteiger partial charge in [0.15, 0.2) is 0 Å². The number of aryl methyl sites for hydroxylation is 1. The number of carbonyl (C=O) groups excluding carboxylic acids is 1. The lowest BCUT2D eigenvalue weighted by Crippen LogP contribution is -2.39. The van der Waals surface area contributed by atoms with Crippen molar-refractivity contribution >= 4 is 23.2 Å². The number of halogens is 2. The summed E-state index contributed by atoms with van der Waals surface area (Å²) in [5, 5.41) is 0.463. The van der Waals surface area contributed by atoms with Crippen molar-refractivity contribution in [3.05, 3.63) is 75.3 Å². The van der Waals surface area contributed by atoms with E-state index in [4.69, 9.17) is 16.6 Å². The topological polar surface area (TPSA) is 48.8 Å². The van der Waals surface area contributed by atoms with Crippen molar-refractivity contribution in [1.82, 2.24) is 14.8 Å². The number of hydrogen-bond donors (Lipinski definition) is 0. The number of aromatic nitrogens is 1. The van der Waals surface area contributed by atoms with E-state index < -0.39 is 0 Å². The van der Waals surface area contributed by atoms with Crippen molar-refractivity contribution in [2.45, 2.75) is 32.7 Å². The third-order valence-corrected chi connectivity index (χ3v) is 7.33. The number of aliphatic imine (C=N–C) groups is 1. The summed E-state index contributed by atoms with van der Waals surface area (Å²) in [6.07, 6.45) is 4.19. The van der Waals surface area contributed by atoms with Gasteiger partial charge in [-0.05, 0) is 67.6 Å².